The Bertz CT molecular complexity index is 514. The summed E-state index contributed by atoms with van der Waals surface area (Å²) in [6.07, 6.45) is 1.05. The van der Waals surface area contributed by atoms with Gasteiger partial charge in [-0.3, -0.25) is 0 Å². The van der Waals surface area contributed by atoms with Crippen LogP contribution in [0.15, 0.2) is 30.3 Å². The summed E-state index contributed by atoms with van der Waals surface area (Å²) in [4.78, 5) is 10.3. The third-order valence-electron chi connectivity index (χ3n) is 2.93. The van der Waals surface area contributed by atoms with Crippen molar-refractivity contribution in [1.82, 2.24) is 9.97 Å². The highest BCUT2D eigenvalue weighted by Gasteiger charge is 2.07. The molecule has 1 heterocycles. The Kier molecular flexibility index (Phi) is 3.46. The van der Waals surface area contributed by atoms with Crippen molar-refractivity contribution < 1.29 is 0 Å². The van der Waals surface area contributed by atoms with Crippen LogP contribution in [0.4, 0.5) is 17.5 Å². The molecular formula is C14H18N4. The number of aryl methyl sites for hydroxylation is 2. The minimum Gasteiger partial charge on any atom is -0.368 e. The van der Waals surface area contributed by atoms with Gasteiger partial charge in [-0.2, -0.15) is 4.98 Å². The minimum atomic E-state index is 0.307. The molecule has 0 spiro atoms. The molecule has 18 heavy (non-hydrogen) atoms. The number of aromatic nitrogens is 2. The van der Waals surface area contributed by atoms with Gasteiger partial charge >= 0.3 is 0 Å². The lowest BCUT2D eigenvalue weighted by molar-refractivity contribution is 1.06. The summed E-state index contributed by atoms with van der Waals surface area (Å²) >= 11 is 0. The fourth-order valence-electron chi connectivity index (χ4n) is 1.83. The van der Waals surface area contributed by atoms with Gasteiger partial charge in [0.25, 0.3) is 0 Å². The van der Waals surface area contributed by atoms with Gasteiger partial charge in [-0.15, -0.1) is 0 Å². The number of nitrogen functional groups attached to an aromatic ring is 1. The van der Waals surface area contributed by atoms with E-state index in [0.29, 0.717) is 5.95 Å². The quantitative estimate of drug-likeness (QED) is 0.899. The highest BCUT2D eigenvalue weighted by molar-refractivity contribution is 5.60. The van der Waals surface area contributed by atoms with Gasteiger partial charge in [0.05, 0.1) is 0 Å². The second-order valence-electron chi connectivity index (χ2n) is 4.30. The number of hydrogen-bond acceptors (Lipinski definition) is 4. The van der Waals surface area contributed by atoms with Crippen molar-refractivity contribution in [1.29, 1.82) is 0 Å². The van der Waals surface area contributed by atoms with E-state index in [2.05, 4.69) is 41.2 Å². The predicted octanol–water partition coefficient (Wildman–Crippen LogP) is 2.70. The fourth-order valence-corrected chi connectivity index (χ4v) is 1.83. The molecule has 1 aromatic carbocycles. The van der Waals surface area contributed by atoms with E-state index >= 15 is 0 Å². The summed E-state index contributed by atoms with van der Waals surface area (Å²) in [6, 6.07) is 10.4. The largest absolute Gasteiger partial charge is 0.368 e. The fraction of sp³-hybridized carbons (Fsp3) is 0.286. The standard InChI is InChI=1S/C14H18N4/c1-4-11-5-7-12(8-6-11)18(3)13-9-10(2)16-14(15)17-13/h5-9H,4H2,1-3H3,(H2,15,16,17). The number of nitrogens with zero attached hydrogens (tertiary/aromatic N) is 3. The predicted molar refractivity (Wildman–Crippen MR) is 75.1 cm³/mol. The molecule has 0 amide bonds. The Morgan fingerprint density at radius 1 is 1.17 bits per heavy atom. The van der Waals surface area contributed by atoms with Crippen LogP contribution < -0.4 is 10.6 Å². The molecule has 0 saturated heterocycles. The Hall–Kier alpha value is -2.10. The van der Waals surface area contributed by atoms with E-state index in [1.54, 1.807) is 0 Å². The van der Waals surface area contributed by atoms with Crippen LogP contribution >= 0.6 is 0 Å². The summed E-state index contributed by atoms with van der Waals surface area (Å²) < 4.78 is 0. The van der Waals surface area contributed by atoms with Gasteiger partial charge in [0.15, 0.2) is 0 Å². The van der Waals surface area contributed by atoms with Gasteiger partial charge in [0.1, 0.15) is 5.82 Å². The zero-order chi connectivity index (χ0) is 13.1. The van der Waals surface area contributed by atoms with Crippen molar-refractivity contribution >= 4 is 17.5 Å². The summed E-state index contributed by atoms with van der Waals surface area (Å²) in [5.74, 6) is 1.12. The number of hydrogen-bond donors (Lipinski definition) is 1. The molecule has 2 N–H and O–H groups in total. The van der Waals surface area contributed by atoms with Gasteiger partial charge in [-0.05, 0) is 31.0 Å². The maximum atomic E-state index is 5.67. The molecule has 4 nitrogen and oxygen atoms in total. The summed E-state index contributed by atoms with van der Waals surface area (Å²) in [5, 5.41) is 0. The number of benzene rings is 1. The van der Waals surface area contributed by atoms with E-state index in [1.165, 1.54) is 5.56 Å². The molecule has 1 aromatic heterocycles. The molecule has 0 aliphatic carbocycles. The lowest BCUT2D eigenvalue weighted by atomic mass is 10.1. The van der Waals surface area contributed by atoms with Crippen molar-refractivity contribution in [3.05, 3.63) is 41.6 Å². The first kappa shape index (κ1) is 12.4. The summed E-state index contributed by atoms with van der Waals surface area (Å²) in [6.45, 7) is 4.06. The minimum absolute atomic E-state index is 0.307. The van der Waals surface area contributed by atoms with E-state index < -0.39 is 0 Å². The number of anilines is 3. The Morgan fingerprint density at radius 2 is 1.83 bits per heavy atom. The van der Waals surface area contributed by atoms with E-state index in [-0.39, 0.29) is 0 Å². The van der Waals surface area contributed by atoms with E-state index in [0.717, 1.165) is 23.6 Å². The van der Waals surface area contributed by atoms with Gasteiger partial charge in [-0.1, -0.05) is 19.1 Å². The zero-order valence-corrected chi connectivity index (χ0v) is 11.0. The molecule has 0 bridgehead atoms. The van der Waals surface area contributed by atoms with Crippen LogP contribution in [-0.4, -0.2) is 17.0 Å². The van der Waals surface area contributed by atoms with Crippen LogP contribution in [-0.2, 0) is 6.42 Å². The Labute approximate surface area is 107 Å². The molecule has 2 rings (SSSR count). The molecule has 94 valence electrons. The van der Waals surface area contributed by atoms with Crippen LogP contribution in [0.3, 0.4) is 0 Å². The van der Waals surface area contributed by atoms with Crippen LogP contribution in [0.25, 0.3) is 0 Å². The topological polar surface area (TPSA) is 55.0 Å². The summed E-state index contributed by atoms with van der Waals surface area (Å²) in [5.41, 5.74) is 8.95. The zero-order valence-electron chi connectivity index (χ0n) is 11.0. The number of rotatable bonds is 3. The van der Waals surface area contributed by atoms with Gasteiger partial charge < -0.3 is 10.6 Å². The molecule has 0 saturated carbocycles. The van der Waals surface area contributed by atoms with Crippen LogP contribution in [0, 0.1) is 6.92 Å². The smallest absolute Gasteiger partial charge is 0.222 e. The maximum Gasteiger partial charge on any atom is 0.222 e. The monoisotopic (exact) mass is 242 g/mol. The van der Waals surface area contributed by atoms with Gasteiger partial charge in [-0.25, -0.2) is 4.98 Å². The van der Waals surface area contributed by atoms with Crippen molar-refractivity contribution in [2.75, 3.05) is 17.7 Å². The first-order chi connectivity index (χ1) is 8.60. The molecule has 0 atom stereocenters. The third-order valence-corrected chi connectivity index (χ3v) is 2.93. The maximum absolute atomic E-state index is 5.67. The van der Waals surface area contributed by atoms with E-state index in [1.807, 2.05) is 24.9 Å². The van der Waals surface area contributed by atoms with Crippen LogP contribution in [0.2, 0.25) is 0 Å². The molecule has 4 heteroatoms. The van der Waals surface area contributed by atoms with E-state index in [4.69, 9.17) is 5.73 Å². The highest BCUT2D eigenvalue weighted by atomic mass is 15.2. The number of nitrogens with two attached hydrogens (primary N) is 1. The molecule has 0 aliphatic heterocycles. The lowest BCUT2D eigenvalue weighted by Crippen LogP contribution is -2.13. The second kappa shape index (κ2) is 5.04. The SMILES string of the molecule is CCc1ccc(N(C)c2cc(C)nc(N)n2)cc1. The average molecular weight is 242 g/mol. The van der Waals surface area contributed by atoms with Crippen molar-refractivity contribution in [3.8, 4) is 0 Å². The molecule has 0 radical (unpaired) electrons. The summed E-state index contributed by atoms with van der Waals surface area (Å²) in [7, 11) is 1.97. The molecule has 0 aliphatic rings. The molecule has 0 fully saturated rings. The van der Waals surface area contributed by atoms with Crippen LogP contribution in [0.1, 0.15) is 18.2 Å². The highest BCUT2D eigenvalue weighted by Crippen LogP contribution is 2.23. The second-order valence-corrected chi connectivity index (χ2v) is 4.30. The average Bonchev–Trinajstić information content (AvgIpc) is 2.37. The first-order valence-corrected chi connectivity index (χ1v) is 6.04. The van der Waals surface area contributed by atoms with Crippen LogP contribution in [0.5, 0.6) is 0 Å². The van der Waals surface area contributed by atoms with E-state index in [9.17, 15) is 0 Å². The lowest BCUT2D eigenvalue weighted by Gasteiger charge is -2.19. The Morgan fingerprint density at radius 3 is 2.39 bits per heavy atom. The normalized spacial score (nSPS) is 10.4. The van der Waals surface area contributed by atoms with Gasteiger partial charge in [0.2, 0.25) is 5.95 Å². The molecule has 2 aromatic rings. The van der Waals surface area contributed by atoms with Crippen molar-refractivity contribution in [3.63, 3.8) is 0 Å². The van der Waals surface area contributed by atoms with Crippen molar-refractivity contribution in [2.45, 2.75) is 20.3 Å². The van der Waals surface area contributed by atoms with Gasteiger partial charge in [0, 0.05) is 24.5 Å². The molecule has 0 unspecified atom stereocenters. The third kappa shape index (κ3) is 2.59. The Balaban J connectivity index is 2.31. The first-order valence-electron chi connectivity index (χ1n) is 6.04. The molecular weight excluding hydrogens is 224 g/mol. The van der Waals surface area contributed by atoms with Crippen molar-refractivity contribution in [2.24, 2.45) is 0 Å².